The fraction of sp³-hybridized carbons (Fsp3) is 0.680. The number of carbonyl (C=O) groups is 1. The zero-order valence-electron chi connectivity index (χ0n) is 19.5. The number of nitrogens with one attached hydrogen (secondary N) is 1. The molecule has 0 unspecified atom stereocenters. The molecule has 0 spiro atoms. The summed E-state index contributed by atoms with van der Waals surface area (Å²) in [6, 6.07) is 6.05. The van der Waals surface area contributed by atoms with Gasteiger partial charge in [-0.2, -0.15) is 0 Å². The smallest absolute Gasteiger partial charge is 0.407 e. The number of hydrogen-bond acceptors (Lipinski definition) is 5. The molecule has 1 saturated heterocycles. The number of piperidine rings is 1. The molecule has 2 aliphatic rings. The fourth-order valence-electron chi connectivity index (χ4n) is 5.09. The van der Waals surface area contributed by atoms with Crippen LogP contribution in [0.2, 0.25) is 5.02 Å². The maximum Gasteiger partial charge on any atom is 0.407 e. The maximum absolute atomic E-state index is 12.0. The third-order valence-corrected chi connectivity index (χ3v) is 7.09. The minimum atomic E-state index is -0.441. The second kappa shape index (κ2) is 10.0. The van der Waals surface area contributed by atoms with Gasteiger partial charge in [-0.05, 0) is 103 Å². The summed E-state index contributed by atoms with van der Waals surface area (Å²) in [6.45, 7) is 9.09. The quantitative estimate of drug-likeness (QED) is 0.579. The van der Waals surface area contributed by atoms with Crippen LogP contribution in [-0.2, 0) is 4.74 Å². The van der Waals surface area contributed by atoms with E-state index in [1.165, 1.54) is 19.3 Å². The molecule has 32 heavy (non-hydrogen) atoms. The van der Waals surface area contributed by atoms with E-state index >= 15 is 0 Å². The van der Waals surface area contributed by atoms with Gasteiger partial charge in [-0.15, -0.1) is 0 Å². The third-order valence-electron chi connectivity index (χ3n) is 6.86. The predicted molar refractivity (Wildman–Crippen MR) is 127 cm³/mol. The number of ether oxygens (including phenoxy) is 1. The van der Waals surface area contributed by atoms with Crippen molar-refractivity contribution >= 4 is 28.7 Å². The molecule has 4 rings (SSSR count). The number of alkyl carbamates (subject to hydrolysis) is 1. The van der Waals surface area contributed by atoms with E-state index in [1.54, 1.807) is 0 Å². The van der Waals surface area contributed by atoms with Gasteiger partial charge in [0.15, 0.2) is 5.58 Å². The molecule has 0 radical (unpaired) electrons. The van der Waals surface area contributed by atoms with Crippen LogP contribution in [0.3, 0.4) is 0 Å². The van der Waals surface area contributed by atoms with E-state index in [-0.39, 0.29) is 12.1 Å². The van der Waals surface area contributed by atoms with E-state index in [9.17, 15) is 4.79 Å². The normalized spacial score (nSPS) is 23.4. The number of fused-ring (bicyclic) bond motifs is 1. The van der Waals surface area contributed by atoms with Crippen molar-refractivity contribution in [1.82, 2.24) is 15.4 Å². The van der Waals surface area contributed by atoms with E-state index in [2.05, 4.69) is 15.4 Å². The Morgan fingerprint density at radius 1 is 1.19 bits per heavy atom. The number of likely N-dealkylation sites (tertiary alicyclic amines) is 1. The van der Waals surface area contributed by atoms with E-state index in [4.69, 9.17) is 20.9 Å². The highest BCUT2D eigenvalue weighted by atomic mass is 35.5. The van der Waals surface area contributed by atoms with Crippen LogP contribution in [-0.4, -0.2) is 47.4 Å². The van der Waals surface area contributed by atoms with Crippen LogP contribution in [0.15, 0.2) is 22.7 Å². The Bertz CT molecular complexity index is 907. The Kier molecular flexibility index (Phi) is 7.30. The monoisotopic (exact) mass is 461 g/mol. The summed E-state index contributed by atoms with van der Waals surface area (Å²) in [6.07, 6.45) is 7.68. The number of halogens is 1. The number of nitrogens with zero attached hydrogens (tertiary/aromatic N) is 2. The molecule has 1 amide bonds. The molecule has 0 bridgehead atoms. The van der Waals surface area contributed by atoms with Gasteiger partial charge in [-0.3, -0.25) is 0 Å². The van der Waals surface area contributed by atoms with Gasteiger partial charge in [-0.25, -0.2) is 4.79 Å². The van der Waals surface area contributed by atoms with Crippen molar-refractivity contribution in [3.63, 3.8) is 0 Å². The summed E-state index contributed by atoms with van der Waals surface area (Å²) in [5.74, 6) is 1.22. The molecule has 7 heteroatoms. The van der Waals surface area contributed by atoms with Crippen molar-refractivity contribution < 1.29 is 14.1 Å². The Morgan fingerprint density at radius 3 is 2.59 bits per heavy atom. The first-order valence-corrected chi connectivity index (χ1v) is 12.4. The summed E-state index contributed by atoms with van der Waals surface area (Å²) in [4.78, 5) is 14.6. The van der Waals surface area contributed by atoms with Crippen LogP contribution >= 0.6 is 11.6 Å². The number of aromatic nitrogens is 1. The molecule has 2 heterocycles. The summed E-state index contributed by atoms with van der Waals surface area (Å²) in [5.41, 5.74) is 1.43. The molecule has 1 saturated carbocycles. The third kappa shape index (κ3) is 6.16. The lowest BCUT2D eigenvalue weighted by Crippen LogP contribution is -2.41. The average molecular weight is 462 g/mol. The lowest BCUT2D eigenvalue weighted by atomic mass is 9.84. The molecular weight excluding hydrogens is 426 g/mol. The lowest BCUT2D eigenvalue weighted by molar-refractivity contribution is 0.0485. The lowest BCUT2D eigenvalue weighted by Gasteiger charge is -2.34. The minimum Gasteiger partial charge on any atom is -0.444 e. The van der Waals surface area contributed by atoms with Gasteiger partial charge in [0.1, 0.15) is 5.60 Å². The standard InChI is InChI=1S/C25H36ClN3O3/c1-25(2,3)31-24(30)27-20-7-4-17(5-8-20)10-13-29-14-11-18(12-15-29)23-21-9-6-19(26)16-22(21)32-28-23/h6,9,16-18,20H,4-5,7-8,10-15H2,1-3H3,(H,27,30)/t17-,20-. The van der Waals surface area contributed by atoms with Gasteiger partial charge >= 0.3 is 6.09 Å². The number of carbonyl (C=O) groups excluding carboxylic acids is 1. The Morgan fingerprint density at radius 2 is 1.91 bits per heavy atom. The van der Waals surface area contributed by atoms with Crippen LogP contribution in [0.5, 0.6) is 0 Å². The zero-order valence-corrected chi connectivity index (χ0v) is 20.3. The van der Waals surface area contributed by atoms with Crippen LogP contribution in [0.1, 0.15) is 77.3 Å². The second-order valence-electron chi connectivity index (χ2n) is 10.5. The van der Waals surface area contributed by atoms with Crippen LogP contribution in [0.4, 0.5) is 4.79 Å². The van der Waals surface area contributed by atoms with Crippen molar-refractivity contribution in [3.05, 3.63) is 28.9 Å². The molecule has 176 valence electrons. The molecule has 1 aliphatic carbocycles. The number of benzene rings is 1. The minimum absolute atomic E-state index is 0.254. The van der Waals surface area contributed by atoms with Crippen molar-refractivity contribution in [2.45, 2.75) is 83.3 Å². The van der Waals surface area contributed by atoms with Crippen molar-refractivity contribution in [1.29, 1.82) is 0 Å². The molecule has 6 nitrogen and oxygen atoms in total. The molecule has 2 aromatic rings. The van der Waals surface area contributed by atoms with E-state index in [0.29, 0.717) is 10.9 Å². The van der Waals surface area contributed by atoms with Gasteiger partial charge in [-0.1, -0.05) is 16.8 Å². The first kappa shape index (κ1) is 23.4. The van der Waals surface area contributed by atoms with E-state index in [1.807, 2.05) is 39.0 Å². The Hall–Kier alpha value is -1.79. The van der Waals surface area contributed by atoms with Crippen LogP contribution < -0.4 is 5.32 Å². The summed E-state index contributed by atoms with van der Waals surface area (Å²) in [5, 5.41) is 9.19. The topological polar surface area (TPSA) is 67.6 Å². The first-order chi connectivity index (χ1) is 15.3. The number of rotatable bonds is 5. The maximum atomic E-state index is 12.0. The Balaban J connectivity index is 1.16. The highest BCUT2D eigenvalue weighted by Gasteiger charge is 2.27. The summed E-state index contributed by atoms with van der Waals surface area (Å²) < 4.78 is 10.9. The number of hydrogen-bond donors (Lipinski definition) is 1. The molecule has 0 atom stereocenters. The second-order valence-corrected chi connectivity index (χ2v) is 10.9. The van der Waals surface area contributed by atoms with Crippen LogP contribution in [0.25, 0.3) is 11.0 Å². The molecule has 2 fully saturated rings. The molecular formula is C25H36ClN3O3. The largest absolute Gasteiger partial charge is 0.444 e. The number of amides is 1. The first-order valence-electron chi connectivity index (χ1n) is 12.0. The van der Waals surface area contributed by atoms with Gasteiger partial charge < -0.3 is 19.5 Å². The van der Waals surface area contributed by atoms with Gasteiger partial charge in [0.25, 0.3) is 0 Å². The molecule has 1 aliphatic heterocycles. The van der Waals surface area contributed by atoms with E-state index in [0.717, 1.165) is 67.9 Å². The van der Waals surface area contributed by atoms with Crippen molar-refractivity contribution in [2.75, 3.05) is 19.6 Å². The van der Waals surface area contributed by atoms with Crippen molar-refractivity contribution in [2.24, 2.45) is 5.92 Å². The molecule has 1 N–H and O–H groups in total. The summed E-state index contributed by atoms with van der Waals surface area (Å²) >= 11 is 6.07. The summed E-state index contributed by atoms with van der Waals surface area (Å²) in [7, 11) is 0. The van der Waals surface area contributed by atoms with Gasteiger partial charge in [0.05, 0.1) is 5.69 Å². The zero-order chi connectivity index (χ0) is 22.7. The fourth-order valence-corrected chi connectivity index (χ4v) is 5.25. The average Bonchev–Trinajstić information content (AvgIpc) is 3.15. The van der Waals surface area contributed by atoms with E-state index < -0.39 is 5.60 Å². The van der Waals surface area contributed by atoms with Gasteiger partial charge in [0.2, 0.25) is 0 Å². The Labute approximate surface area is 196 Å². The molecule has 1 aromatic carbocycles. The van der Waals surface area contributed by atoms with Crippen molar-refractivity contribution in [3.8, 4) is 0 Å². The highest BCUT2D eigenvalue weighted by Crippen LogP contribution is 2.34. The molecule has 1 aromatic heterocycles. The highest BCUT2D eigenvalue weighted by molar-refractivity contribution is 6.31. The van der Waals surface area contributed by atoms with Gasteiger partial charge in [0, 0.05) is 28.4 Å². The predicted octanol–water partition coefficient (Wildman–Crippen LogP) is 6.13. The van der Waals surface area contributed by atoms with Crippen LogP contribution in [0, 0.1) is 5.92 Å². The SMILES string of the molecule is CC(C)(C)OC(=O)N[C@H]1CC[C@H](CCN2CCC(c3noc4cc(Cl)ccc34)CC2)CC1.